The van der Waals surface area contributed by atoms with Gasteiger partial charge in [0.15, 0.2) is 0 Å². The molecule has 0 saturated heterocycles. The van der Waals surface area contributed by atoms with Gasteiger partial charge in [-0.05, 0) is 55.5 Å². The summed E-state index contributed by atoms with van der Waals surface area (Å²) in [6.45, 7) is 4.24. The summed E-state index contributed by atoms with van der Waals surface area (Å²) in [5, 5.41) is 2.87. The van der Waals surface area contributed by atoms with E-state index in [1.807, 2.05) is 36.9 Å². The van der Waals surface area contributed by atoms with Crippen LogP contribution in [0.15, 0.2) is 42.5 Å². The van der Waals surface area contributed by atoms with E-state index in [0.29, 0.717) is 12.1 Å². The molecule has 2 aromatic carbocycles. The Balaban J connectivity index is 1.57. The molecule has 0 atom stereocenters. The van der Waals surface area contributed by atoms with Gasteiger partial charge >= 0.3 is 6.18 Å². The number of aryl methyl sites for hydroxylation is 2. The lowest BCUT2D eigenvalue weighted by Gasteiger charge is -2.25. The summed E-state index contributed by atoms with van der Waals surface area (Å²) < 4.78 is 38.3. The van der Waals surface area contributed by atoms with Gasteiger partial charge in [0.2, 0.25) is 11.8 Å². The molecule has 8 heteroatoms. The molecule has 172 valence electrons. The fourth-order valence-corrected chi connectivity index (χ4v) is 3.58. The van der Waals surface area contributed by atoms with Crippen LogP contribution in [-0.4, -0.2) is 47.8 Å². The molecule has 32 heavy (non-hydrogen) atoms. The van der Waals surface area contributed by atoms with Crippen LogP contribution >= 0.6 is 0 Å². The summed E-state index contributed by atoms with van der Waals surface area (Å²) in [6, 6.07) is 11.0. The quantitative estimate of drug-likeness (QED) is 0.653. The minimum Gasteiger partial charge on any atom is -0.335 e. The first-order chi connectivity index (χ1) is 15.0. The lowest BCUT2D eigenvalue weighted by molar-refractivity contribution is -0.137. The number of nitrogens with zero attached hydrogens (tertiary/aromatic N) is 2. The Labute approximate surface area is 186 Å². The maximum atomic E-state index is 12.8. The molecule has 0 heterocycles. The van der Waals surface area contributed by atoms with Crippen molar-refractivity contribution in [2.24, 2.45) is 0 Å². The SMILES string of the molecule is Cc1cccc(C)c1NC(=O)CN(C)C(=O)CN(Cc1ccc(C(F)(F)F)cc1)C1CC1. The number of likely N-dealkylation sites (N-methyl/N-ethyl adjacent to an activating group) is 1. The molecule has 2 aromatic rings. The van der Waals surface area contributed by atoms with Crippen molar-refractivity contribution in [1.82, 2.24) is 9.80 Å². The smallest absolute Gasteiger partial charge is 0.335 e. The summed E-state index contributed by atoms with van der Waals surface area (Å²) in [6.07, 6.45) is -2.47. The number of carbonyl (C=O) groups is 2. The van der Waals surface area contributed by atoms with E-state index in [9.17, 15) is 22.8 Å². The molecule has 3 rings (SSSR count). The van der Waals surface area contributed by atoms with Gasteiger partial charge in [-0.15, -0.1) is 0 Å². The van der Waals surface area contributed by atoms with E-state index in [-0.39, 0.29) is 30.9 Å². The van der Waals surface area contributed by atoms with Gasteiger partial charge in [0, 0.05) is 25.3 Å². The van der Waals surface area contributed by atoms with Gasteiger partial charge < -0.3 is 10.2 Å². The molecule has 0 bridgehead atoms. The number of alkyl halides is 3. The molecule has 5 nitrogen and oxygen atoms in total. The van der Waals surface area contributed by atoms with Crippen molar-refractivity contribution in [2.45, 2.75) is 45.5 Å². The van der Waals surface area contributed by atoms with Crippen LogP contribution in [0, 0.1) is 13.8 Å². The van der Waals surface area contributed by atoms with Crippen LogP contribution in [0.25, 0.3) is 0 Å². The van der Waals surface area contributed by atoms with Gasteiger partial charge in [-0.3, -0.25) is 14.5 Å². The Hall–Kier alpha value is -2.87. The number of hydrogen-bond acceptors (Lipinski definition) is 3. The van der Waals surface area contributed by atoms with Gasteiger partial charge in [0.05, 0.1) is 18.7 Å². The van der Waals surface area contributed by atoms with Crippen molar-refractivity contribution in [2.75, 3.05) is 25.5 Å². The Morgan fingerprint density at radius 3 is 2.12 bits per heavy atom. The fraction of sp³-hybridized carbons (Fsp3) is 0.417. The molecule has 0 spiro atoms. The van der Waals surface area contributed by atoms with Crippen molar-refractivity contribution in [3.63, 3.8) is 0 Å². The third-order valence-corrected chi connectivity index (χ3v) is 5.62. The zero-order chi connectivity index (χ0) is 23.5. The number of anilines is 1. The molecule has 1 N–H and O–H groups in total. The van der Waals surface area contributed by atoms with Crippen LogP contribution in [0.5, 0.6) is 0 Å². The standard InChI is InChI=1S/C24H28F3N3O2/c1-16-5-4-6-17(2)23(16)28-21(31)14-29(3)22(32)15-30(20-11-12-20)13-18-7-9-19(10-8-18)24(25,26)27/h4-10,20H,11-15H2,1-3H3,(H,28,31). The van der Waals surface area contributed by atoms with Crippen LogP contribution in [0.1, 0.15) is 35.1 Å². The number of hydrogen-bond donors (Lipinski definition) is 1. The number of benzene rings is 2. The number of carbonyl (C=O) groups excluding carboxylic acids is 2. The lowest BCUT2D eigenvalue weighted by Crippen LogP contribution is -2.42. The summed E-state index contributed by atoms with van der Waals surface area (Å²) in [5.74, 6) is -0.487. The van der Waals surface area contributed by atoms with E-state index in [1.54, 1.807) is 7.05 Å². The molecule has 1 fully saturated rings. The molecular weight excluding hydrogens is 419 g/mol. The van der Waals surface area contributed by atoms with Crippen LogP contribution < -0.4 is 5.32 Å². The van der Waals surface area contributed by atoms with Crippen molar-refractivity contribution in [3.8, 4) is 0 Å². The van der Waals surface area contributed by atoms with E-state index in [4.69, 9.17) is 0 Å². The fourth-order valence-electron chi connectivity index (χ4n) is 3.58. The highest BCUT2D eigenvalue weighted by Gasteiger charge is 2.32. The largest absolute Gasteiger partial charge is 0.416 e. The highest BCUT2D eigenvalue weighted by molar-refractivity contribution is 5.95. The minimum absolute atomic E-state index is 0.0780. The zero-order valence-corrected chi connectivity index (χ0v) is 18.5. The van der Waals surface area contributed by atoms with E-state index in [1.165, 1.54) is 17.0 Å². The second-order valence-electron chi connectivity index (χ2n) is 8.40. The number of rotatable bonds is 8. The topological polar surface area (TPSA) is 52.7 Å². The Morgan fingerprint density at radius 2 is 1.59 bits per heavy atom. The Kier molecular flexibility index (Phi) is 7.23. The van der Waals surface area contributed by atoms with Gasteiger partial charge in [-0.25, -0.2) is 0 Å². The van der Waals surface area contributed by atoms with E-state index >= 15 is 0 Å². The number of para-hydroxylation sites is 1. The van der Waals surface area contributed by atoms with Gasteiger partial charge in [0.25, 0.3) is 0 Å². The summed E-state index contributed by atoms with van der Waals surface area (Å²) in [5.41, 5.74) is 2.67. The van der Waals surface area contributed by atoms with Crippen molar-refractivity contribution < 1.29 is 22.8 Å². The molecule has 1 aliphatic rings. The third-order valence-electron chi connectivity index (χ3n) is 5.62. The zero-order valence-electron chi connectivity index (χ0n) is 18.5. The maximum absolute atomic E-state index is 12.8. The van der Waals surface area contributed by atoms with Crippen molar-refractivity contribution in [1.29, 1.82) is 0 Å². The first-order valence-corrected chi connectivity index (χ1v) is 10.5. The van der Waals surface area contributed by atoms with Crippen LogP contribution in [0.3, 0.4) is 0 Å². The molecule has 0 radical (unpaired) electrons. The predicted octanol–water partition coefficient (Wildman–Crippen LogP) is 4.38. The van der Waals surface area contributed by atoms with Crippen LogP contribution in [0.4, 0.5) is 18.9 Å². The first kappa shape index (κ1) is 23.8. The highest BCUT2D eigenvalue weighted by atomic mass is 19.4. The summed E-state index contributed by atoms with van der Waals surface area (Å²) >= 11 is 0. The average Bonchev–Trinajstić information content (AvgIpc) is 3.55. The van der Waals surface area contributed by atoms with Gasteiger partial charge in [0.1, 0.15) is 0 Å². The minimum atomic E-state index is -4.37. The number of halogens is 3. The molecule has 1 saturated carbocycles. The maximum Gasteiger partial charge on any atom is 0.416 e. The third kappa shape index (κ3) is 6.32. The average molecular weight is 448 g/mol. The van der Waals surface area contributed by atoms with Gasteiger partial charge in [-0.1, -0.05) is 30.3 Å². The second-order valence-corrected chi connectivity index (χ2v) is 8.40. The van der Waals surface area contributed by atoms with E-state index in [2.05, 4.69) is 5.32 Å². The summed E-state index contributed by atoms with van der Waals surface area (Å²) in [7, 11) is 1.58. The monoisotopic (exact) mass is 447 g/mol. The number of nitrogens with one attached hydrogen (secondary N) is 1. The summed E-state index contributed by atoms with van der Waals surface area (Å²) in [4.78, 5) is 28.5. The second kappa shape index (κ2) is 9.73. The molecule has 2 amide bonds. The van der Waals surface area contributed by atoms with E-state index < -0.39 is 11.7 Å². The Bertz CT molecular complexity index is 949. The highest BCUT2D eigenvalue weighted by Crippen LogP contribution is 2.31. The molecule has 0 aromatic heterocycles. The van der Waals surface area contributed by atoms with Crippen LogP contribution in [0.2, 0.25) is 0 Å². The van der Waals surface area contributed by atoms with Gasteiger partial charge in [-0.2, -0.15) is 13.2 Å². The lowest BCUT2D eigenvalue weighted by atomic mass is 10.1. The molecular formula is C24H28F3N3O2. The molecule has 0 aliphatic heterocycles. The van der Waals surface area contributed by atoms with Crippen LogP contribution in [-0.2, 0) is 22.3 Å². The van der Waals surface area contributed by atoms with Crippen molar-refractivity contribution in [3.05, 3.63) is 64.7 Å². The first-order valence-electron chi connectivity index (χ1n) is 10.5. The number of amides is 2. The molecule has 1 aliphatic carbocycles. The predicted molar refractivity (Wildman–Crippen MR) is 117 cm³/mol. The van der Waals surface area contributed by atoms with E-state index in [0.717, 1.165) is 41.8 Å². The Morgan fingerprint density at radius 1 is 1.00 bits per heavy atom. The van der Waals surface area contributed by atoms with Crippen molar-refractivity contribution >= 4 is 17.5 Å². The molecule has 0 unspecified atom stereocenters. The normalized spacial score (nSPS) is 13.8.